The van der Waals surface area contributed by atoms with Crippen LogP contribution in [0.15, 0.2) is 53.9 Å². The van der Waals surface area contributed by atoms with Crippen molar-refractivity contribution in [3.63, 3.8) is 0 Å². The van der Waals surface area contributed by atoms with E-state index >= 15 is 0 Å². The Morgan fingerprint density at radius 1 is 1.00 bits per heavy atom. The van der Waals surface area contributed by atoms with Gasteiger partial charge in [-0.05, 0) is 80.1 Å². The van der Waals surface area contributed by atoms with E-state index in [4.69, 9.17) is 9.47 Å². The number of fused-ring (bicyclic) bond motifs is 1. The van der Waals surface area contributed by atoms with Gasteiger partial charge in [0.2, 0.25) is 12.7 Å². The van der Waals surface area contributed by atoms with Gasteiger partial charge in [0, 0.05) is 23.2 Å². The van der Waals surface area contributed by atoms with Crippen molar-refractivity contribution in [3.05, 3.63) is 75.5 Å². The van der Waals surface area contributed by atoms with E-state index in [2.05, 4.69) is 5.32 Å². The second kappa shape index (κ2) is 10.8. The molecule has 2 aromatic carbocycles. The molecule has 0 fully saturated rings. The molecule has 7 nitrogen and oxygen atoms in total. The van der Waals surface area contributed by atoms with Crippen molar-refractivity contribution in [2.75, 3.05) is 18.7 Å². The molecule has 0 aliphatic carbocycles. The first-order valence-corrected chi connectivity index (χ1v) is 12.5. The van der Waals surface area contributed by atoms with Gasteiger partial charge >= 0.3 is 6.03 Å². The van der Waals surface area contributed by atoms with Gasteiger partial charge in [-0.25, -0.2) is 4.79 Å². The third kappa shape index (κ3) is 6.14. The summed E-state index contributed by atoms with van der Waals surface area (Å²) in [5, 5.41) is 4.94. The highest BCUT2D eigenvalue weighted by Crippen LogP contribution is 2.33. The number of thiophene rings is 1. The SMILES string of the molecule is Cc1ccc(NC(=O)N(CC(=O)N(Cc2ccc3c(c2)OCO3)Cc2cccs2)C(C)C)cc1C. The molecule has 35 heavy (non-hydrogen) atoms. The van der Waals surface area contributed by atoms with E-state index < -0.39 is 0 Å². The van der Waals surface area contributed by atoms with Gasteiger partial charge in [0.1, 0.15) is 6.54 Å². The number of carbonyl (C=O) groups excluding carboxylic acids is 2. The average molecular weight is 494 g/mol. The van der Waals surface area contributed by atoms with E-state index in [1.54, 1.807) is 21.1 Å². The summed E-state index contributed by atoms with van der Waals surface area (Å²) >= 11 is 1.60. The Kier molecular flexibility index (Phi) is 7.60. The molecule has 8 heteroatoms. The van der Waals surface area contributed by atoms with Crippen molar-refractivity contribution >= 4 is 29.0 Å². The predicted octanol–water partition coefficient (Wildman–Crippen LogP) is 5.56. The summed E-state index contributed by atoms with van der Waals surface area (Å²) in [5.41, 5.74) is 3.91. The summed E-state index contributed by atoms with van der Waals surface area (Å²) in [6, 6.07) is 15.0. The summed E-state index contributed by atoms with van der Waals surface area (Å²) in [6.07, 6.45) is 0. The first-order chi connectivity index (χ1) is 16.8. The number of benzene rings is 2. The predicted molar refractivity (Wildman–Crippen MR) is 138 cm³/mol. The highest BCUT2D eigenvalue weighted by atomic mass is 32.1. The number of rotatable bonds is 8. The number of carbonyl (C=O) groups is 2. The molecule has 3 amide bonds. The van der Waals surface area contributed by atoms with Gasteiger partial charge in [0.15, 0.2) is 11.5 Å². The molecule has 184 valence electrons. The molecule has 3 aromatic rings. The van der Waals surface area contributed by atoms with Crippen molar-refractivity contribution in [2.45, 2.75) is 46.8 Å². The van der Waals surface area contributed by atoms with Crippen LogP contribution in [-0.4, -0.2) is 41.1 Å². The van der Waals surface area contributed by atoms with Crippen LogP contribution in [0.1, 0.15) is 35.4 Å². The van der Waals surface area contributed by atoms with E-state index in [0.29, 0.717) is 30.3 Å². The van der Waals surface area contributed by atoms with Crippen LogP contribution in [0, 0.1) is 13.8 Å². The van der Waals surface area contributed by atoms with Crippen LogP contribution in [0.4, 0.5) is 10.5 Å². The zero-order chi connectivity index (χ0) is 24.9. The maximum absolute atomic E-state index is 13.5. The molecule has 0 saturated heterocycles. The molecule has 0 saturated carbocycles. The van der Waals surface area contributed by atoms with Crippen LogP contribution >= 0.6 is 11.3 Å². The van der Waals surface area contributed by atoms with Crippen LogP contribution in [0.2, 0.25) is 0 Å². The zero-order valence-corrected chi connectivity index (χ0v) is 21.4. The van der Waals surface area contributed by atoms with Gasteiger partial charge in [-0.15, -0.1) is 11.3 Å². The molecule has 1 aliphatic heterocycles. The van der Waals surface area contributed by atoms with Gasteiger partial charge in [0.25, 0.3) is 0 Å². The molecular weight excluding hydrogens is 462 g/mol. The standard InChI is InChI=1S/C27H31N3O4S/c1-18(2)30(27(32)28-22-9-7-19(3)20(4)12-22)16-26(31)29(15-23-6-5-11-35-23)14-21-8-10-24-25(13-21)34-17-33-24/h5-13,18H,14-17H2,1-4H3,(H,28,32). The Bertz CT molecular complexity index is 1190. The van der Waals surface area contributed by atoms with Crippen molar-refractivity contribution in [2.24, 2.45) is 0 Å². The first kappa shape index (κ1) is 24.6. The van der Waals surface area contributed by atoms with Crippen LogP contribution in [0.5, 0.6) is 11.5 Å². The lowest BCUT2D eigenvalue weighted by molar-refractivity contribution is -0.133. The maximum atomic E-state index is 13.5. The number of ether oxygens (including phenoxy) is 2. The van der Waals surface area contributed by atoms with Crippen molar-refractivity contribution in [1.29, 1.82) is 0 Å². The minimum Gasteiger partial charge on any atom is -0.454 e. The Balaban J connectivity index is 1.50. The number of aryl methyl sites for hydroxylation is 2. The van der Waals surface area contributed by atoms with Gasteiger partial charge in [-0.3, -0.25) is 4.79 Å². The number of hydrogen-bond acceptors (Lipinski definition) is 5. The maximum Gasteiger partial charge on any atom is 0.322 e. The highest BCUT2D eigenvalue weighted by molar-refractivity contribution is 7.09. The number of hydrogen-bond donors (Lipinski definition) is 1. The summed E-state index contributed by atoms with van der Waals surface area (Å²) < 4.78 is 10.9. The molecule has 4 rings (SSSR count). The largest absolute Gasteiger partial charge is 0.454 e. The molecule has 0 atom stereocenters. The Labute approximate surface area is 210 Å². The minimum atomic E-state index is -0.296. The van der Waals surface area contributed by atoms with Gasteiger partial charge in [0.05, 0.1) is 6.54 Å². The van der Waals surface area contributed by atoms with Crippen molar-refractivity contribution < 1.29 is 19.1 Å². The smallest absolute Gasteiger partial charge is 0.322 e. The van der Waals surface area contributed by atoms with Gasteiger partial charge in [-0.1, -0.05) is 18.2 Å². The lowest BCUT2D eigenvalue weighted by atomic mass is 10.1. The third-order valence-corrected chi connectivity index (χ3v) is 6.90. The van der Waals surface area contributed by atoms with Crippen molar-refractivity contribution in [1.82, 2.24) is 9.80 Å². The molecule has 0 bridgehead atoms. The normalized spacial score (nSPS) is 12.0. The quantitative estimate of drug-likeness (QED) is 0.446. The number of nitrogens with zero attached hydrogens (tertiary/aromatic N) is 2. The molecule has 0 radical (unpaired) electrons. The molecule has 1 N–H and O–H groups in total. The summed E-state index contributed by atoms with van der Waals surface area (Å²) in [5.74, 6) is 1.27. The van der Waals surface area contributed by atoms with E-state index in [1.165, 1.54) is 0 Å². The number of amides is 3. The summed E-state index contributed by atoms with van der Waals surface area (Å²) in [7, 11) is 0. The highest BCUT2D eigenvalue weighted by Gasteiger charge is 2.25. The Morgan fingerprint density at radius 3 is 2.51 bits per heavy atom. The molecule has 2 heterocycles. The van der Waals surface area contributed by atoms with Crippen LogP contribution < -0.4 is 14.8 Å². The molecular formula is C27H31N3O4S. The monoisotopic (exact) mass is 493 g/mol. The van der Waals surface area contributed by atoms with E-state index in [0.717, 1.165) is 21.6 Å². The summed E-state index contributed by atoms with van der Waals surface area (Å²) in [6.45, 7) is 8.91. The average Bonchev–Trinajstić information content (AvgIpc) is 3.50. The van der Waals surface area contributed by atoms with Gasteiger partial charge < -0.3 is 24.6 Å². The van der Waals surface area contributed by atoms with Crippen LogP contribution in [-0.2, 0) is 17.9 Å². The van der Waals surface area contributed by atoms with E-state index in [-0.39, 0.29) is 31.3 Å². The summed E-state index contributed by atoms with van der Waals surface area (Å²) in [4.78, 5) is 31.1. The molecule has 0 unspecified atom stereocenters. The lowest BCUT2D eigenvalue weighted by Crippen LogP contribution is -2.47. The molecule has 1 aliphatic rings. The zero-order valence-electron chi connectivity index (χ0n) is 20.5. The first-order valence-electron chi connectivity index (χ1n) is 11.6. The van der Waals surface area contributed by atoms with Gasteiger partial charge in [-0.2, -0.15) is 0 Å². The number of anilines is 1. The molecule has 1 aromatic heterocycles. The fourth-order valence-electron chi connectivity index (χ4n) is 3.83. The second-order valence-corrected chi connectivity index (χ2v) is 10.00. The van der Waals surface area contributed by atoms with E-state index in [9.17, 15) is 9.59 Å². The number of urea groups is 1. The topological polar surface area (TPSA) is 71.1 Å². The Morgan fingerprint density at radius 2 is 1.80 bits per heavy atom. The molecule has 0 spiro atoms. The lowest BCUT2D eigenvalue weighted by Gasteiger charge is -2.30. The third-order valence-electron chi connectivity index (χ3n) is 6.04. The fourth-order valence-corrected chi connectivity index (χ4v) is 4.55. The van der Waals surface area contributed by atoms with Crippen molar-refractivity contribution in [3.8, 4) is 11.5 Å². The second-order valence-electron chi connectivity index (χ2n) is 8.97. The minimum absolute atomic E-state index is 0.0235. The Hall–Kier alpha value is -3.52. The van der Waals surface area contributed by atoms with Crippen LogP contribution in [0.25, 0.3) is 0 Å². The fraction of sp³-hybridized carbons (Fsp3) is 0.333. The number of nitrogens with one attached hydrogen (secondary N) is 1. The van der Waals surface area contributed by atoms with Crippen LogP contribution in [0.3, 0.4) is 0 Å². The van der Waals surface area contributed by atoms with E-state index in [1.807, 2.05) is 81.6 Å².